The van der Waals surface area contributed by atoms with Gasteiger partial charge in [0.2, 0.25) is 0 Å². The van der Waals surface area contributed by atoms with Crippen LogP contribution in [-0.2, 0) is 0 Å². The molecule has 1 aromatic carbocycles. The first-order valence-corrected chi connectivity index (χ1v) is 12.0. The molecule has 0 fully saturated rings. The van der Waals surface area contributed by atoms with Crippen molar-refractivity contribution in [1.82, 2.24) is 10.6 Å². The molecule has 0 aromatic heterocycles. The first kappa shape index (κ1) is 25.7. The van der Waals surface area contributed by atoms with Crippen LogP contribution in [0.2, 0.25) is 0 Å². The standard InChI is InChI=1S/C28H37ClN2O/c1-6-7-14-21(3)30-17-12-8-9-13-18-31-23(5)20(2)19-26-27(29)22(4)24-15-10-11-16-25(24)28(26)32/h10-11,15-16,19,30-31H,3-9,12-14,17-18H2,1-2H3/b20-19+. The third-order valence-electron chi connectivity index (χ3n) is 5.73. The minimum Gasteiger partial charge on any atom is -0.389 e. The third kappa shape index (κ3) is 7.27. The zero-order chi connectivity index (χ0) is 23.5. The average molecular weight is 453 g/mol. The van der Waals surface area contributed by atoms with Crippen LogP contribution in [0.25, 0.3) is 5.57 Å². The fourth-order valence-corrected chi connectivity index (χ4v) is 3.87. The fourth-order valence-electron chi connectivity index (χ4n) is 3.63. The van der Waals surface area contributed by atoms with Gasteiger partial charge in [0.1, 0.15) is 0 Å². The maximum Gasteiger partial charge on any atom is 0.195 e. The lowest BCUT2D eigenvalue weighted by Gasteiger charge is -2.20. The Balaban J connectivity index is 1.75. The van der Waals surface area contributed by atoms with Gasteiger partial charge in [0.25, 0.3) is 0 Å². The van der Waals surface area contributed by atoms with Crippen LogP contribution in [0.5, 0.6) is 0 Å². The van der Waals surface area contributed by atoms with Crippen molar-refractivity contribution in [1.29, 1.82) is 0 Å². The Hall–Kier alpha value is -2.52. The minimum absolute atomic E-state index is 0.0730. The van der Waals surface area contributed by atoms with Crippen LogP contribution in [-0.4, -0.2) is 18.9 Å². The summed E-state index contributed by atoms with van der Waals surface area (Å²) in [6, 6.07) is 7.44. The van der Waals surface area contributed by atoms with E-state index in [-0.39, 0.29) is 5.78 Å². The molecule has 2 rings (SSSR count). The van der Waals surface area contributed by atoms with Gasteiger partial charge in [-0.2, -0.15) is 0 Å². The van der Waals surface area contributed by atoms with Crippen LogP contribution in [0.3, 0.4) is 0 Å². The summed E-state index contributed by atoms with van der Waals surface area (Å²) in [6.45, 7) is 18.3. The number of unbranched alkanes of at least 4 members (excludes halogenated alkanes) is 4. The molecule has 0 unspecified atom stereocenters. The van der Waals surface area contributed by atoms with Crippen molar-refractivity contribution in [3.05, 3.63) is 88.8 Å². The number of fused-ring (bicyclic) bond motifs is 1. The summed E-state index contributed by atoms with van der Waals surface area (Å²) in [5.41, 5.74) is 5.47. The molecule has 0 spiro atoms. The number of hydrogen-bond acceptors (Lipinski definition) is 3. The van der Waals surface area contributed by atoms with E-state index in [1.165, 1.54) is 19.3 Å². The molecule has 1 aromatic rings. The zero-order valence-electron chi connectivity index (χ0n) is 19.7. The van der Waals surface area contributed by atoms with E-state index in [0.717, 1.165) is 61.3 Å². The lowest BCUT2D eigenvalue weighted by atomic mass is 9.86. The Morgan fingerprint density at radius 2 is 1.62 bits per heavy atom. The molecule has 0 radical (unpaired) electrons. The highest BCUT2D eigenvalue weighted by Gasteiger charge is 2.26. The van der Waals surface area contributed by atoms with Gasteiger partial charge in [-0.1, -0.05) is 81.8 Å². The first-order valence-electron chi connectivity index (χ1n) is 11.6. The molecule has 2 N–H and O–H groups in total. The summed E-state index contributed by atoms with van der Waals surface area (Å²) >= 11 is 6.49. The van der Waals surface area contributed by atoms with Crippen molar-refractivity contribution in [2.24, 2.45) is 0 Å². The van der Waals surface area contributed by atoms with Crippen LogP contribution in [0, 0.1) is 0 Å². The molecule has 0 bridgehead atoms. The topological polar surface area (TPSA) is 41.1 Å². The summed E-state index contributed by atoms with van der Waals surface area (Å²) < 4.78 is 0. The van der Waals surface area contributed by atoms with E-state index in [9.17, 15) is 4.79 Å². The number of carbonyl (C=O) groups is 1. The van der Waals surface area contributed by atoms with Crippen molar-refractivity contribution in [2.45, 2.75) is 58.8 Å². The summed E-state index contributed by atoms with van der Waals surface area (Å²) in [5, 5.41) is 7.20. The second-order valence-corrected chi connectivity index (χ2v) is 8.74. The monoisotopic (exact) mass is 452 g/mol. The molecular weight excluding hydrogens is 416 g/mol. The highest BCUT2D eigenvalue weighted by molar-refractivity contribution is 6.42. The number of benzene rings is 1. The van der Waals surface area contributed by atoms with E-state index in [1.54, 1.807) is 0 Å². The Labute approximate surface area is 199 Å². The van der Waals surface area contributed by atoms with Gasteiger partial charge in [0, 0.05) is 35.6 Å². The fraction of sp³-hybridized carbons (Fsp3) is 0.393. The molecule has 0 amide bonds. The molecule has 1 aliphatic rings. The van der Waals surface area contributed by atoms with Crippen molar-refractivity contribution >= 4 is 23.0 Å². The molecule has 32 heavy (non-hydrogen) atoms. The number of halogens is 1. The maximum atomic E-state index is 12.9. The van der Waals surface area contributed by atoms with Crippen molar-refractivity contribution < 1.29 is 4.79 Å². The third-order valence-corrected chi connectivity index (χ3v) is 6.16. The smallest absolute Gasteiger partial charge is 0.195 e. The van der Waals surface area contributed by atoms with E-state index < -0.39 is 0 Å². The number of allylic oxidation sites excluding steroid dienone is 6. The normalized spacial score (nSPS) is 13.8. The van der Waals surface area contributed by atoms with Gasteiger partial charge in [0.15, 0.2) is 5.78 Å². The summed E-state index contributed by atoms with van der Waals surface area (Å²) in [6.07, 6.45) is 9.89. The number of nitrogens with one attached hydrogen (secondary N) is 2. The molecular formula is C28H37ClN2O. The van der Waals surface area contributed by atoms with Gasteiger partial charge in [-0.25, -0.2) is 0 Å². The van der Waals surface area contributed by atoms with E-state index in [0.29, 0.717) is 21.7 Å². The SMILES string of the molecule is C=C(CCCC)NCCCCCCNC(=C)/C(C)=C/C1=C(Cl)C(=C)c2ccccc2C1=O. The van der Waals surface area contributed by atoms with Gasteiger partial charge >= 0.3 is 0 Å². The lowest BCUT2D eigenvalue weighted by Crippen LogP contribution is -2.17. The summed E-state index contributed by atoms with van der Waals surface area (Å²) in [7, 11) is 0. The van der Waals surface area contributed by atoms with Crippen LogP contribution in [0.1, 0.15) is 74.7 Å². The quantitative estimate of drug-likeness (QED) is 0.230. The van der Waals surface area contributed by atoms with Gasteiger partial charge < -0.3 is 10.6 Å². The Morgan fingerprint density at radius 1 is 1.00 bits per heavy atom. The van der Waals surface area contributed by atoms with Crippen LogP contribution in [0.4, 0.5) is 0 Å². The molecule has 3 nitrogen and oxygen atoms in total. The highest BCUT2D eigenvalue weighted by atomic mass is 35.5. The molecule has 0 heterocycles. The number of rotatable bonds is 14. The van der Waals surface area contributed by atoms with E-state index in [2.05, 4.69) is 37.3 Å². The van der Waals surface area contributed by atoms with E-state index in [1.807, 2.05) is 37.3 Å². The van der Waals surface area contributed by atoms with Crippen LogP contribution >= 0.6 is 11.6 Å². The predicted octanol–water partition coefficient (Wildman–Crippen LogP) is 7.29. The first-order chi connectivity index (χ1) is 15.4. The highest BCUT2D eigenvalue weighted by Crippen LogP contribution is 2.37. The second kappa shape index (κ2) is 13.1. The van der Waals surface area contributed by atoms with Gasteiger partial charge in [-0.05, 0) is 55.4 Å². The molecule has 172 valence electrons. The number of ketones is 1. The Morgan fingerprint density at radius 3 is 2.28 bits per heavy atom. The number of hydrogen-bond donors (Lipinski definition) is 2. The Bertz CT molecular complexity index is 923. The molecule has 0 atom stereocenters. The van der Waals surface area contributed by atoms with E-state index in [4.69, 9.17) is 11.6 Å². The molecule has 0 saturated heterocycles. The van der Waals surface area contributed by atoms with Gasteiger partial charge in [-0.3, -0.25) is 4.79 Å². The number of Topliss-reactive ketones (excluding diaryl/α,β-unsaturated/α-hetero) is 1. The molecule has 1 aliphatic carbocycles. The van der Waals surface area contributed by atoms with Crippen molar-refractivity contribution in [2.75, 3.05) is 13.1 Å². The lowest BCUT2D eigenvalue weighted by molar-refractivity contribution is 0.103. The molecule has 0 saturated carbocycles. The van der Waals surface area contributed by atoms with E-state index >= 15 is 0 Å². The average Bonchev–Trinajstić information content (AvgIpc) is 2.80. The minimum atomic E-state index is -0.0730. The second-order valence-electron chi connectivity index (χ2n) is 8.36. The van der Waals surface area contributed by atoms with Crippen LogP contribution < -0.4 is 10.6 Å². The van der Waals surface area contributed by atoms with Gasteiger partial charge in [0.05, 0.1) is 5.03 Å². The number of carbonyl (C=O) groups excluding carboxylic acids is 1. The largest absolute Gasteiger partial charge is 0.389 e. The van der Waals surface area contributed by atoms with Crippen molar-refractivity contribution in [3.8, 4) is 0 Å². The molecule has 0 aliphatic heterocycles. The molecule has 4 heteroatoms. The Kier molecular flexibility index (Phi) is 10.6. The predicted molar refractivity (Wildman–Crippen MR) is 139 cm³/mol. The van der Waals surface area contributed by atoms with Crippen LogP contribution in [0.15, 0.2) is 77.7 Å². The maximum absolute atomic E-state index is 12.9. The summed E-state index contributed by atoms with van der Waals surface area (Å²) in [4.78, 5) is 12.9. The van der Waals surface area contributed by atoms with Gasteiger partial charge in [-0.15, -0.1) is 0 Å². The summed E-state index contributed by atoms with van der Waals surface area (Å²) in [5.74, 6) is -0.0730. The zero-order valence-corrected chi connectivity index (χ0v) is 20.4. The van der Waals surface area contributed by atoms with Crippen molar-refractivity contribution in [3.63, 3.8) is 0 Å².